The number of benzene rings is 1. The minimum absolute atomic E-state index is 0.0552. The quantitative estimate of drug-likeness (QED) is 0.771. The highest BCUT2D eigenvalue weighted by Crippen LogP contribution is 2.22. The Balaban J connectivity index is 1.59. The van der Waals surface area contributed by atoms with Gasteiger partial charge in [-0.3, -0.25) is 14.5 Å². The Hall–Kier alpha value is -1.77. The van der Waals surface area contributed by atoms with Crippen molar-refractivity contribution in [2.24, 2.45) is 0 Å². The number of fused-ring (bicyclic) bond motifs is 1. The van der Waals surface area contributed by atoms with Gasteiger partial charge in [0.05, 0.1) is 16.9 Å². The van der Waals surface area contributed by atoms with Crippen LogP contribution in [0.3, 0.4) is 0 Å². The molecule has 7 nitrogen and oxygen atoms in total. The Bertz CT molecular complexity index is 704. The van der Waals surface area contributed by atoms with E-state index in [9.17, 15) is 18.0 Å². The van der Waals surface area contributed by atoms with E-state index in [2.05, 4.69) is 5.32 Å². The molecule has 1 aromatic rings. The summed E-state index contributed by atoms with van der Waals surface area (Å²) in [4.78, 5) is 25.6. The molecule has 0 atom stereocenters. The zero-order valence-corrected chi connectivity index (χ0v) is 14.2. The smallest absolute Gasteiger partial charge is 0.261 e. The van der Waals surface area contributed by atoms with Gasteiger partial charge in [-0.05, 0) is 31.5 Å². The van der Waals surface area contributed by atoms with Crippen LogP contribution in [-0.4, -0.2) is 67.9 Å². The van der Waals surface area contributed by atoms with E-state index in [-0.39, 0.29) is 30.5 Å². The van der Waals surface area contributed by atoms with Crippen molar-refractivity contribution in [3.8, 4) is 0 Å². The van der Waals surface area contributed by atoms with Crippen molar-refractivity contribution in [1.29, 1.82) is 0 Å². The highest BCUT2D eigenvalue weighted by atomic mass is 32.2. The van der Waals surface area contributed by atoms with Crippen molar-refractivity contribution in [3.05, 3.63) is 35.4 Å². The summed E-state index contributed by atoms with van der Waals surface area (Å²) in [6, 6.07) is 6.67. The fourth-order valence-electron chi connectivity index (χ4n) is 3.08. The van der Waals surface area contributed by atoms with Gasteiger partial charge < -0.3 is 5.32 Å². The second kappa shape index (κ2) is 7.00. The van der Waals surface area contributed by atoms with E-state index in [0.717, 1.165) is 17.9 Å². The summed E-state index contributed by atoms with van der Waals surface area (Å²) in [5.41, 5.74) is 0.785. The topological polar surface area (TPSA) is 86.8 Å². The molecule has 2 aliphatic heterocycles. The number of carbonyl (C=O) groups excluding carboxylic acids is 2. The molecule has 3 rings (SSSR count). The van der Waals surface area contributed by atoms with Gasteiger partial charge in [-0.1, -0.05) is 12.1 Å². The molecule has 0 aliphatic carbocycles. The summed E-state index contributed by atoms with van der Waals surface area (Å²) < 4.78 is 26.3. The van der Waals surface area contributed by atoms with Crippen molar-refractivity contribution in [3.63, 3.8) is 0 Å². The first-order chi connectivity index (χ1) is 11.5. The number of nitrogens with one attached hydrogen (secondary N) is 1. The third-order valence-electron chi connectivity index (χ3n) is 4.35. The fraction of sp³-hybridized carbons (Fsp3) is 0.500. The number of hydrogen-bond donors (Lipinski definition) is 1. The molecule has 2 heterocycles. The molecule has 0 bridgehead atoms. The molecule has 0 saturated carbocycles. The lowest BCUT2D eigenvalue weighted by Gasteiger charge is -2.20. The van der Waals surface area contributed by atoms with Gasteiger partial charge in [0.15, 0.2) is 0 Å². The zero-order chi connectivity index (χ0) is 17.2. The lowest BCUT2D eigenvalue weighted by molar-refractivity contribution is 0.0654. The minimum atomic E-state index is -3.36. The average molecular weight is 351 g/mol. The molecule has 1 N–H and O–H groups in total. The fourth-order valence-corrected chi connectivity index (χ4v) is 4.60. The second-order valence-electron chi connectivity index (χ2n) is 5.98. The van der Waals surface area contributed by atoms with E-state index >= 15 is 0 Å². The monoisotopic (exact) mass is 351 g/mol. The van der Waals surface area contributed by atoms with Crippen LogP contribution in [0.5, 0.6) is 0 Å². The third-order valence-corrected chi connectivity index (χ3v) is 6.31. The molecule has 0 spiro atoms. The molecule has 0 unspecified atom stereocenters. The summed E-state index contributed by atoms with van der Waals surface area (Å²) in [6.45, 7) is 2.58. The van der Waals surface area contributed by atoms with Crippen molar-refractivity contribution < 1.29 is 18.0 Å². The van der Waals surface area contributed by atoms with E-state index in [1.54, 1.807) is 24.3 Å². The molecule has 2 aliphatic rings. The lowest BCUT2D eigenvalue weighted by atomic mass is 10.1. The van der Waals surface area contributed by atoms with Crippen LogP contribution in [0.4, 0.5) is 0 Å². The van der Waals surface area contributed by atoms with Crippen LogP contribution in [0, 0.1) is 0 Å². The number of carbonyl (C=O) groups is 2. The van der Waals surface area contributed by atoms with Crippen LogP contribution < -0.4 is 5.32 Å². The van der Waals surface area contributed by atoms with Crippen LogP contribution in [-0.2, 0) is 10.0 Å². The van der Waals surface area contributed by atoms with E-state index in [0.29, 0.717) is 30.8 Å². The van der Waals surface area contributed by atoms with Crippen LogP contribution in [0.1, 0.15) is 33.6 Å². The van der Waals surface area contributed by atoms with Crippen LogP contribution in [0.2, 0.25) is 0 Å². The van der Waals surface area contributed by atoms with Crippen molar-refractivity contribution in [1.82, 2.24) is 14.5 Å². The number of rotatable bonds is 5. The van der Waals surface area contributed by atoms with E-state index in [1.807, 2.05) is 0 Å². The highest BCUT2D eigenvalue weighted by molar-refractivity contribution is 7.89. The van der Waals surface area contributed by atoms with Gasteiger partial charge in [0.25, 0.3) is 11.8 Å². The van der Waals surface area contributed by atoms with Crippen molar-refractivity contribution in [2.75, 3.05) is 38.5 Å². The van der Waals surface area contributed by atoms with Gasteiger partial charge in [0.1, 0.15) is 0 Å². The van der Waals surface area contributed by atoms with Gasteiger partial charge in [-0.25, -0.2) is 12.7 Å². The predicted octanol–water partition coefficient (Wildman–Crippen LogP) is 0.298. The average Bonchev–Trinajstić information content (AvgIpc) is 2.79. The summed E-state index contributed by atoms with van der Waals surface area (Å²) in [6.07, 6.45) is 1.04. The lowest BCUT2D eigenvalue weighted by Crippen LogP contribution is -2.37. The largest absolute Gasteiger partial charge is 0.315 e. The van der Waals surface area contributed by atoms with E-state index in [4.69, 9.17) is 0 Å². The Morgan fingerprint density at radius 1 is 1.00 bits per heavy atom. The first-order valence-electron chi connectivity index (χ1n) is 8.14. The highest BCUT2D eigenvalue weighted by Gasteiger charge is 2.35. The molecular weight excluding hydrogens is 330 g/mol. The zero-order valence-electron chi connectivity index (χ0n) is 13.4. The Labute approximate surface area is 141 Å². The van der Waals surface area contributed by atoms with E-state index in [1.165, 1.54) is 4.31 Å². The van der Waals surface area contributed by atoms with Gasteiger partial charge in [-0.2, -0.15) is 0 Å². The SMILES string of the molecule is O=C1c2ccccc2C(=O)N1CCCS(=O)(=O)N1CCCNCC1. The van der Waals surface area contributed by atoms with E-state index < -0.39 is 10.0 Å². The molecule has 1 saturated heterocycles. The molecule has 1 aromatic carbocycles. The Kier molecular flexibility index (Phi) is 4.98. The molecule has 0 radical (unpaired) electrons. The predicted molar refractivity (Wildman–Crippen MR) is 89.3 cm³/mol. The van der Waals surface area contributed by atoms with Gasteiger partial charge in [0.2, 0.25) is 10.0 Å². The molecule has 24 heavy (non-hydrogen) atoms. The Morgan fingerprint density at radius 3 is 2.33 bits per heavy atom. The molecule has 130 valence electrons. The normalized spacial score (nSPS) is 19.4. The number of nitrogens with zero attached hydrogens (tertiary/aromatic N) is 2. The van der Waals surface area contributed by atoms with Crippen molar-refractivity contribution >= 4 is 21.8 Å². The summed E-state index contributed by atoms with van der Waals surface area (Å²) in [7, 11) is -3.36. The number of amides is 2. The standard InChI is InChI=1S/C16H21N3O4S/c20-15-13-5-1-2-6-14(13)16(21)19(15)10-4-12-24(22,23)18-9-3-7-17-8-11-18/h1-2,5-6,17H,3-4,7-12H2. The number of hydrogen-bond acceptors (Lipinski definition) is 5. The second-order valence-corrected chi connectivity index (χ2v) is 8.07. The molecular formula is C16H21N3O4S. The molecule has 0 aromatic heterocycles. The van der Waals surface area contributed by atoms with Crippen LogP contribution in [0.25, 0.3) is 0 Å². The third kappa shape index (κ3) is 3.35. The van der Waals surface area contributed by atoms with Gasteiger partial charge >= 0.3 is 0 Å². The minimum Gasteiger partial charge on any atom is -0.315 e. The summed E-state index contributed by atoms with van der Waals surface area (Å²) >= 11 is 0. The summed E-state index contributed by atoms with van der Waals surface area (Å²) in [5.74, 6) is -0.737. The molecule has 1 fully saturated rings. The van der Waals surface area contributed by atoms with Crippen LogP contribution >= 0.6 is 0 Å². The van der Waals surface area contributed by atoms with Crippen LogP contribution in [0.15, 0.2) is 24.3 Å². The first-order valence-corrected chi connectivity index (χ1v) is 9.75. The Morgan fingerprint density at radius 2 is 1.67 bits per heavy atom. The maximum Gasteiger partial charge on any atom is 0.261 e. The van der Waals surface area contributed by atoms with Crippen molar-refractivity contribution in [2.45, 2.75) is 12.8 Å². The van der Waals surface area contributed by atoms with Gasteiger partial charge in [-0.15, -0.1) is 0 Å². The van der Waals surface area contributed by atoms with Gasteiger partial charge in [0, 0.05) is 26.2 Å². The maximum absolute atomic E-state index is 12.4. The number of sulfonamides is 1. The number of imide groups is 1. The maximum atomic E-state index is 12.4. The molecule has 2 amide bonds. The first kappa shape index (κ1) is 17.1. The summed E-state index contributed by atoms with van der Waals surface area (Å²) in [5, 5.41) is 3.17. The molecule has 8 heteroatoms.